The first-order valence-corrected chi connectivity index (χ1v) is 8.38. The van der Waals surface area contributed by atoms with Crippen LogP contribution >= 0.6 is 0 Å². The summed E-state index contributed by atoms with van der Waals surface area (Å²) in [5.41, 5.74) is -0.240. The smallest absolute Gasteiger partial charge is 0.268 e. The number of hydrogen-bond donors (Lipinski definition) is 2. The highest BCUT2D eigenvalue weighted by atomic mass is 32.2. The van der Waals surface area contributed by atoms with E-state index >= 15 is 0 Å². The van der Waals surface area contributed by atoms with Gasteiger partial charge in [0, 0.05) is 26.1 Å². The molecule has 1 aromatic rings. The van der Waals surface area contributed by atoms with Gasteiger partial charge in [0.1, 0.15) is 5.69 Å². The lowest BCUT2D eigenvalue weighted by molar-refractivity contribution is 0.0920. The number of H-pyrrole nitrogens is 1. The van der Waals surface area contributed by atoms with E-state index in [4.69, 9.17) is 4.74 Å². The van der Waals surface area contributed by atoms with Crippen LogP contribution in [0.1, 0.15) is 10.5 Å². The molecule has 0 spiro atoms. The van der Waals surface area contributed by atoms with Crippen molar-refractivity contribution >= 4 is 15.9 Å². The van der Waals surface area contributed by atoms with Crippen LogP contribution in [0.25, 0.3) is 0 Å². The Morgan fingerprint density at radius 1 is 1.41 bits per heavy atom. The number of ether oxygens (including phenoxy) is 1. The third kappa shape index (κ3) is 3.93. The molecule has 1 aliphatic heterocycles. The fraction of sp³-hybridized carbons (Fsp3) is 0.538. The molecule has 1 aliphatic rings. The molecular formula is C13H19N3O5S. The van der Waals surface area contributed by atoms with E-state index in [9.17, 15) is 18.0 Å². The van der Waals surface area contributed by atoms with Crippen molar-refractivity contribution in [3.05, 3.63) is 34.2 Å². The summed E-state index contributed by atoms with van der Waals surface area (Å²) in [6.07, 6.45) is 0. The Kier molecular flexibility index (Phi) is 4.99. The van der Waals surface area contributed by atoms with Crippen LogP contribution in [-0.2, 0) is 14.8 Å². The Hall–Kier alpha value is -1.71. The van der Waals surface area contributed by atoms with Gasteiger partial charge in [-0.15, -0.1) is 0 Å². The summed E-state index contributed by atoms with van der Waals surface area (Å²) in [4.78, 5) is 25.7. The highest BCUT2D eigenvalue weighted by Crippen LogP contribution is 2.17. The molecule has 9 heteroatoms. The number of hydrogen-bond acceptors (Lipinski definition) is 5. The molecule has 2 heterocycles. The van der Waals surface area contributed by atoms with Crippen molar-refractivity contribution < 1.29 is 17.9 Å². The molecule has 0 unspecified atom stereocenters. The van der Waals surface area contributed by atoms with Crippen molar-refractivity contribution in [3.8, 4) is 0 Å². The van der Waals surface area contributed by atoms with Crippen LogP contribution in [-0.4, -0.2) is 62.7 Å². The summed E-state index contributed by atoms with van der Waals surface area (Å²) in [6, 6.07) is 3.86. The number of carbonyl (C=O) groups excluding carboxylic acids is 1. The second-order valence-corrected chi connectivity index (χ2v) is 7.59. The van der Waals surface area contributed by atoms with E-state index in [1.165, 1.54) is 32.3 Å². The highest BCUT2D eigenvalue weighted by molar-refractivity contribution is 7.89. The molecule has 22 heavy (non-hydrogen) atoms. The quantitative estimate of drug-likeness (QED) is 0.721. The molecule has 1 amide bonds. The third-order valence-corrected chi connectivity index (χ3v) is 5.47. The molecule has 0 radical (unpaired) electrons. The number of nitrogens with one attached hydrogen (secondary N) is 2. The minimum Gasteiger partial charge on any atom is -0.379 e. The van der Waals surface area contributed by atoms with E-state index in [2.05, 4.69) is 10.3 Å². The van der Waals surface area contributed by atoms with E-state index in [0.717, 1.165) is 4.31 Å². The molecule has 0 saturated carbocycles. The normalized spacial score (nSPS) is 22.0. The topological polar surface area (TPSA) is 109 Å². The molecule has 0 aromatic carbocycles. The maximum atomic E-state index is 12.1. The van der Waals surface area contributed by atoms with Gasteiger partial charge in [0.2, 0.25) is 15.6 Å². The van der Waals surface area contributed by atoms with Crippen molar-refractivity contribution in [1.82, 2.24) is 14.6 Å². The molecule has 2 rings (SSSR count). The highest BCUT2D eigenvalue weighted by Gasteiger charge is 2.34. The fourth-order valence-corrected chi connectivity index (χ4v) is 3.34. The number of rotatable bonds is 5. The van der Waals surface area contributed by atoms with Crippen LogP contribution in [0.4, 0.5) is 0 Å². The molecule has 1 fully saturated rings. The number of nitrogens with zero attached hydrogens (tertiary/aromatic N) is 1. The minimum absolute atomic E-state index is 0.101. The zero-order valence-electron chi connectivity index (χ0n) is 12.4. The number of pyridine rings is 1. The van der Waals surface area contributed by atoms with Gasteiger partial charge in [-0.3, -0.25) is 9.59 Å². The fourth-order valence-electron chi connectivity index (χ4n) is 2.17. The largest absolute Gasteiger partial charge is 0.379 e. The van der Waals surface area contributed by atoms with E-state index in [0.29, 0.717) is 0 Å². The average molecular weight is 329 g/mol. The zero-order valence-corrected chi connectivity index (χ0v) is 13.2. The van der Waals surface area contributed by atoms with Crippen molar-refractivity contribution in [2.75, 3.05) is 33.1 Å². The van der Waals surface area contributed by atoms with Gasteiger partial charge in [-0.2, -0.15) is 0 Å². The predicted molar refractivity (Wildman–Crippen MR) is 80.1 cm³/mol. The summed E-state index contributed by atoms with van der Waals surface area (Å²) in [5.74, 6) is -0.886. The number of aromatic amines is 1. The first-order valence-electron chi connectivity index (χ1n) is 6.78. The molecule has 1 saturated heterocycles. The second-order valence-electron chi connectivity index (χ2n) is 5.37. The lowest BCUT2D eigenvalue weighted by Gasteiger charge is -2.20. The Balaban J connectivity index is 2.05. The number of aromatic nitrogens is 1. The molecule has 0 bridgehead atoms. The second kappa shape index (κ2) is 6.59. The molecule has 0 aliphatic carbocycles. The Bertz CT molecular complexity index is 698. The number of carbonyl (C=O) groups is 1. The number of amides is 1. The first-order chi connectivity index (χ1) is 10.3. The van der Waals surface area contributed by atoms with Crippen LogP contribution in [0, 0.1) is 5.92 Å². The van der Waals surface area contributed by atoms with Crippen LogP contribution in [0.2, 0.25) is 0 Å². The minimum atomic E-state index is -3.38. The third-order valence-electron chi connectivity index (χ3n) is 3.51. The van der Waals surface area contributed by atoms with Gasteiger partial charge >= 0.3 is 0 Å². The molecule has 1 aromatic heterocycles. The van der Waals surface area contributed by atoms with Gasteiger partial charge in [-0.1, -0.05) is 6.07 Å². The van der Waals surface area contributed by atoms with Gasteiger partial charge in [0.05, 0.1) is 25.0 Å². The van der Waals surface area contributed by atoms with Gasteiger partial charge in [0.25, 0.3) is 5.91 Å². The average Bonchev–Trinajstić information content (AvgIpc) is 2.85. The van der Waals surface area contributed by atoms with Gasteiger partial charge in [0.15, 0.2) is 0 Å². The monoisotopic (exact) mass is 329 g/mol. The summed E-state index contributed by atoms with van der Waals surface area (Å²) in [5, 5.41) is 2.72. The standard InChI is InChI=1S/C13H19N3O5S/c1-16(2)22(19,20)8-9-6-21-7-11(9)15-13(18)10-4-3-5-12(17)14-10/h3-5,9,11H,6-8H2,1-2H3,(H,14,17)(H,15,18)/t9-,11-/m0/s1. The maximum Gasteiger partial charge on any atom is 0.268 e. The van der Waals surface area contributed by atoms with Crippen molar-refractivity contribution in [2.24, 2.45) is 5.92 Å². The first kappa shape index (κ1) is 16.7. The Morgan fingerprint density at radius 2 is 2.14 bits per heavy atom. The van der Waals surface area contributed by atoms with Gasteiger partial charge in [-0.05, 0) is 6.07 Å². The van der Waals surface area contributed by atoms with Crippen molar-refractivity contribution in [1.29, 1.82) is 0 Å². The Morgan fingerprint density at radius 3 is 2.77 bits per heavy atom. The van der Waals surface area contributed by atoms with E-state index in [1.807, 2.05) is 0 Å². The summed E-state index contributed by atoms with van der Waals surface area (Å²) < 4.78 is 30.3. The summed E-state index contributed by atoms with van der Waals surface area (Å²) in [7, 11) is -0.446. The van der Waals surface area contributed by atoms with Crippen LogP contribution < -0.4 is 10.9 Å². The lowest BCUT2D eigenvalue weighted by Crippen LogP contribution is -2.44. The Labute approximate surface area is 128 Å². The van der Waals surface area contributed by atoms with Crippen LogP contribution in [0.3, 0.4) is 0 Å². The molecular weight excluding hydrogens is 310 g/mol. The molecule has 8 nitrogen and oxygen atoms in total. The zero-order chi connectivity index (χ0) is 16.3. The van der Waals surface area contributed by atoms with Gasteiger partial charge in [-0.25, -0.2) is 12.7 Å². The molecule has 2 atom stereocenters. The summed E-state index contributed by atoms with van der Waals surface area (Å²) in [6.45, 7) is 0.514. The summed E-state index contributed by atoms with van der Waals surface area (Å²) >= 11 is 0. The lowest BCUT2D eigenvalue weighted by atomic mass is 10.1. The van der Waals surface area contributed by atoms with Crippen molar-refractivity contribution in [2.45, 2.75) is 6.04 Å². The molecule has 2 N–H and O–H groups in total. The predicted octanol–water partition coefficient (Wildman–Crippen LogP) is -0.989. The maximum absolute atomic E-state index is 12.1. The molecule has 122 valence electrons. The number of sulfonamides is 1. The SMILES string of the molecule is CN(C)S(=O)(=O)C[C@@H]1COC[C@@H]1NC(=O)c1cccc(=O)[nH]1. The van der Waals surface area contributed by atoms with Gasteiger partial charge < -0.3 is 15.0 Å². The van der Waals surface area contributed by atoms with Crippen molar-refractivity contribution in [3.63, 3.8) is 0 Å². The van der Waals surface area contributed by atoms with Crippen LogP contribution in [0.15, 0.2) is 23.0 Å². The van der Waals surface area contributed by atoms with E-state index in [-0.39, 0.29) is 36.1 Å². The van der Waals surface area contributed by atoms with Crippen LogP contribution in [0.5, 0.6) is 0 Å². The van der Waals surface area contributed by atoms with E-state index in [1.54, 1.807) is 0 Å². The van der Waals surface area contributed by atoms with E-state index < -0.39 is 22.0 Å².